The minimum atomic E-state index is 0.295. The maximum Gasteiger partial charge on any atom is 0.134 e. The molecule has 1 aliphatic heterocycles. The first kappa shape index (κ1) is 9.80. The van der Waals surface area contributed by atoms with Gasteiger partial charge in [0.1, 0.15) is 10.1 Å². The van der Waals surface area contributed by atoms with Crippen molar-refractivity contribution in [3.63, 3.8) is 0 Å². The lowest BCUT2D eigenvalue weighted by Crippen LogP contribution is -2.18. The SMILES string of the molecule is COc1ccccc1[C@H]1CSC(=S)N1. The molecule has 0 spiro atoms. The molecule has 1 aromatic rings. The predicted octanol–water partition coefficient (Wildman–Crippen LogP) is 2.36. The monoisotopic (exact) mass is 225 g/mol. The molecule has 1 fully saturated rings. The number of hydrogen-bond donors (Lipinski definition) is 1. The predicted molar refractivity (Wildman–Crippen MR) is 63.9 cm³/mol. The maximum absolute atomic E-state index is 5.30. The second-order valence-corrected chi connectivity index (χ2v) is 4.73. The van der Waals surface area contributed by atoms with E-state index in [0.717, 1.165) is 15.8 Å². The summed E-state index contributed by atoms with van der Waals surface area (Å²) >= 11 is 6.77. The number of benzene rings is 1. The van der Waals surface area contributed by atoms with Gasteiger partial charge in [0.05, 0.1) is 13.2 Å². The lowest BCUT2D eigenvalue weighted by atomic mass is 10.1. The third-order valence-corrected chi connectivity index (χ3v) is 3.54. The van der Waals surface area contributed by atoms with Gasteiger partial charge in [0.25, 0.3) is 0 Å². The largest absolute Gasteiger partial charge is 0.496 e. The minimum Gasteiger partial charge on any atom is -0.496 e. The highest BCUT2D eigenvalue weighted by molar-refractivity contribution is 8.23. The topological polar surface area (TPSA) is 21.3 Å². The summed E-state index contributed by atoms with van der Waals surface area (Å²) in [5.41, 5.74) is 1.18. The highest BCUT2D eigenvalue weighted by atomic mass is 32.2. The molecule has 1 N–H and O–H groups in total. The van der Waals surface area contributed by atoms with E-state index in [4.69, 9.17) is 17.0 Å². The van der Waals surface area contributed by atoms with Crippen LogP contribution in [-0.4, -0.2) is 17.2 Å². The summed E-state index contributed by atoms with van der Waals surface area (Å²) in [7, 11) is 1.69. The Labute approximate surface area is 93.0 Å². The first-order chi connectivity index (χ1) is 6.81. The smallest absolute Gasteiger partial charge is 0.134 e. The van der Waals surface area contributed by atoms with Gasteiger partial charge in [-0.3, -0.25) is 0 Å². The standard InChI is InChI=1S/C10H11NOS2/c1-12-9-5-3-2-4-7(9)8-6-14-10(13)11-8/h2-5,8H,6H2,1H3,(H,11,13)/t8-/m1/s1. The zero-order valence-corrected chi connectivity index (χ0v) is 9.45. The van der Waals surface area contributed by atoms with Crippen LogP contribution in [0.5, 0.6) is 5.75 Å². The number of nitrogens with one attached hydrogen (secondary N) is 1. The highest BCUT2D eigenvalue weighted by Gasteiger charge is 2.22. The Kier molecular flexibility index (Phi) is 2.93. The van der Waals surface area contributed by atoms with Crippen LogP contribution in [0.2, 0.25) is 0 Å². The second kappa shape index (κ2) is 4.19. The summed E-state index contributed by atoms with van der Waals surface area (Å²) in [6.45, 7) is 0. The molecule has 0 aliphatic carbocycles. The van der Waals surface area contributed by atoms with E-state index in [2.05, 4.69) is 11.4 Å². The molecule has 14 heavy (non-hydrogen) atoms. The Morgan fingerprint density at radius 1 is 1.50 bits per heavy atom. The third-order valence-electron chi connectivity index (χ3n) is 2.19. The van der Waals surface area contributed by atoms with Gasteiger partial charge in [-0.25, -0.2) is 0 Å². The fourth-order valence-corrected chi connectivity index (χ4v) is 2.66. The molecule has 0 amide bonds. The van der Waals surface area contributed by atoms with Crippen molar-refractivity contribution in [1.82, 2.24) is 5.32 Å². The van der Waals surface area contributed by atoms with E-state index in [1.807, 2.05) is 18.2 Å². The van der Waals surface area contributed by atoms with E-state index in [1.54, 1.807) is 18.9 Å². The number of methoxy groups -OCH3 is 1. The van der Waals surface area contributed by atoms with Crippen LogP contribution < -0.4 is 10.1 Å². The van der Waals surface area contributed by atoms with E-state index in [-0.39, 0.29) is 0 Å². The van der Waals surface area contributed by atoms with Crippen LogP contribution in [0.3, 0.4) is 0 Å². The van der Waals surface area contributed by atoms with Crippen LogP contribution in [0.1, 0.15) is 11.6 Å². The number of thiocarbonyl (C=S) groups is 1. The number of para-hydroxylation sites is 1. The van der Waals surface area contributed by atoms with Crippen molar-refractivity contribution in [3.05, 3.63) is 29.8 Å². The van der Waals surface area contributed by atoms with Crippen molar-refractivity contribution in [2.24, 2.45) is 0 Å². The Hall–Kier alpha value is -0.740. The maximum atomic E-state index is 5.30. The number of rotatable bonds is 2. The molecule has 2 rings (SSSR count). The summed E-state index contributed by atoms with van der Waals surface area (Å²) in [5.74, 6) is 1.91. The lowest BCUT2D eigenvalue weighted by molar-refractivity contribution is 0.406. The van der Waals surface area contributed by atoms with Crippen LogP contribution in [0, 0.1) is 0 Å². The molecule has 4 heteroatoms. The normalized spacial score (nSPS) is 20.6. The molecule has 0 aromatic heterocycles. The molecule has 1 saturated heterocycles. The van der Waals surface area contributed by atoms with Gasteiger partial charge in [-0.15, -0.1) is 0 Å². The zero-order chi connectivity index (χ0) is 9.97. The van der Waals surface area contributed by atoms with Crippen LogP contribution in [0.25, 0.3) is 0 Å². The molecule has 1 aromatic carbocycles. The van der Waals surface area contributed by atoms with Crippen molar-refractivity contribution in [1.29, 1.82) is 0 Å². The fraction of sp³-hybridized carbons (Fsp3) is 0.300. The van der Waals surface area contributed by atoms with Crippen LogP contribution in [0.4, 0.5) is 0 Å². The van der Waals surface area contributed by atoms with E-state index in [9.17, 15) is 0 Å². The molecular formula is C10H11NOS2. The van der Waals surface area contributed by atoms with Crippen molar-refractivity contribution >= 4 is 28.3 Å². The van der Waals surface area contributed by atoms with E-state index < -0.39 is 0 Å². The average molecular weight is 225 g/mol. The van der Waals surface area contributed by atoms with E-state index in [0.29, 0.717) is 6.04 Å². The Bertz CT molecular complexity index is 354. The molecule has 0 unspecified atom stereocenters. The van der Waals surface area contributed by atoms with Crippen LogP contribution in [0.15, 0.2) is 24.3 Å². The zero-order valence-electron chi connectivity index (χ0n) is 7.82. The molecule has 0 saturated carbocycles. The Morgan fingerprint density at radius 2 is 2.29 bits per heavy atom. The highest BCUT2D eigenvalue weighted by Crippen LogP contribution is 2.31. The fourth-order valence-electron chi connectivity index (χ4n) is 1.51. The molecule has 1 aliphatic rings. The molecule has 0 bridgehead atoms. The second-order valence-electron chi connectivity index (χ2n) is 3.04. The summed E-state index contributed by atoms with van der Waals surface area (Å²) in [6, 6.07) is 8.34. The molecular weight excluding hydrogens is 214 g/mol. The van der Waals surface area contributed by atoms with Gasteiger partial charge in [0.15, 0.2) is 0 Å². The third kappa shape index (κ3) is 1.86. The molecule has 1 heterocycles. The molecule has 1 atom stereocenters. The van der Waals surface area contributed by atoms with Crippen molar-refractivity contribution in [3.8, 4) is 5.75 Å². The first-order valence-electron chi connectivity index (χ1n) is 4.37. The summed E-state index contributed by atoms with van der Waals surface area (Å²) in [4.78, 5) is 0. The summed E-state index contributed by atoms with van der Waals surface area (Å²) in [5, 5.41) is 3.26. The lowest BCUT2D eigenvalue weighted by Gasteiger charge is -2.13. The van der Waals surface area contributed by atoms with Crippen LogP contribution >= 0.6 is 24.0 Å². The Balaban J connectivity index is 2.27. The average Bonchev–Trinajstić information content (AvgIpc) is 2.65. The molecule has 0 radical (unpaired) electrons. The number of hydrogen-bond acceptors (Lipinski definition) is 3. The van der Waals surface area contributed by atoms with Crippen molar-refractivity contribution in [2.45, 2.75) is 6.04 Å². The summed E-state index contributed by atoms with van der Waals surface area (Å²) in [6.07, 6.45) is 0. The quantitative estimate of drug-likeness (QED) is 0.780. The van der Waals surface area contributed by atoms with E-state index >= 15 is 0 Å². The number of thioether (sulfide) groups is 1. The van der Waals surface area contributed by atoms with Gasteiger partial charge in [-0.2, -0.15) is 0 Å². The van der Waals surface area contributed by atoms with Gasteiger partial charge in [0, 0.05) is 11.3 Å². The minimum absolute atomic E-state index is 0.295. The van der Waals surface area contributed by atoms with E-state index in [1.165, 1.54) is 5.56 Å². The van der Waals surface area contributed by atoms with Gasteiger partial charge >= 0.3 is 0 Å². The molecule has 2 nitrogen and oxygen atoms in total. The Morgan fingerprint density at radius 3 is 2.93 bits per heavy atom. The van der Waals surface area contributed by atoms with Gasteiger partial charge in [-0.1, -0.05) is 42.2 Å². The van der Waals surface area contributed by atoms with Crippen molar-refractivity contribution < 1.29 is 4.74 Å². The van der Waals surface area contributed by atoms with Crippen LogP contribution in [-0.2, 0) is 0 Å². The number of ether oxygens (including phenoxy) is 1. The summed E-state index contributed by atoms with van der Waals surface area (Å²) < 4.78 is 6.18. The van der Waals surface area contributed by atoms with Gasteiger partial charge < -0.3 is 10.1 Å². The van der Waals surface area contributed by atoms with Gasteiger partial charge in [0.2, 0.25) is 0 Å². The first-order valence-corrected chi connectivity index (χ1v) is 5.77. The molecule has 74 valence electrons. The van der Waals surface area contributed by atoms with Crippen molar-refractivity contribution in [2.75, 3.05) is 12.9 Å². The van der Waals surface area contributed by atoms with Gasteiger partial charge in [-0.05, 0) is 6.07 Å².